The highest BCUT2D eigenvalue weighted by Crippen LogP contribution is 2.32. The normalized spacial score (nSPS) is 27.0. The van der Waals surface area contributed by atoms with Gasteiger partial charge in [0.1, 0.15) is 0 Å². The number of nitrogens with zero attached hydrogens (tertiary/aromatic N) is 1. The largest absolute Gasteiger partial charge is 0.374 e. The first-order chi connectivity index (χ1) is 10.1. The third-order valence-corrected chi connectivity index (χ3v) is 4.99. The molecule has 3 heteroatoms. The molecule has 1 aliphatic carbocycles. The van der Waals surface area contributed by atoms with E-state index in [4.69, 9.17) is 4.74 Å². The van der Waals surface area contributed by atoms with E-state index in [9.17, 15) is 0 Å². The zero-order chi connectivity index (χ0) is 15.0. The van der Waals surface area contributed by atoms with E-state index in [1.165, 1.54) is 35.1 Å². The van der Waals surface area contributed by atoms with Crippen LogP contribution in [0.2, 0.25) is 0 Å². The molecule has 3 nitrogen and oxygen atoms in total. The summed E-state index contributed by atoms with van der Waals surface area (Å²) >= 11 is 0. The summed E-state index contributed by atoms with van der Waals surface area (Å²) in [7, 11) is 2.23. The quantitative estimate of drug-likeness (QED) is 0.922. The van der Waals surface area contributed by atoms with Gasteiger partial charge < -0.3 is 10.1 Å². The van der Waals surface area contributed by atoms with E-state index in [1.54, 1.807) is 0 Å². The molecule has 0 aromatic heterocycles. The SMILES string of the molecule is Cc1cc(C)c(C2C(CNC3CC3)OCCN2C)cc1C. The second kappa shape index (κ2) is 6.07. The van der Waals surface area contributed by atoms with Gasteiger partial charge in [0.2, 0.25) is 0 Å². The average Bonchev–Trinajstić information content (AvgIpc) is 3.25. The summed E-state index contributed by atoms with van der Waals surface area (Å²) in [5, 5.41) is 3.64. The Labute approximate surface area is 128 Å². The van der Waals surface area contributed by atoms with Gasteiger partial charge in [0.25, 0.3) is 0 Å². The summed E-state index contributed by atoms with van der Waals surface area (Å²) in [6, 6.07) is 5.79. The maximum Gasteiger partial charge on any atom is 0.0896 e. The summed E-state index contributed by atoms with van der Waals surface area (Å²) in [4.78, 5) is 2.46. The second-order valence-corrected chi connectivity index (χ2v) is 6.81. The van der Waals surface area contributed by atoms with Crippen molar-refractivity contribution < 1.29 is 4.74 Å². The number of benzene rings is 1. The molecule has 1 saturated heterocycles. The van der Waals surface area contributed by atoms with Gasteiger partial charge in [0.15, 0.2) is 0 Å². The highest BCUT2D eigenvalue weighted by molar-refractivity contribution is 5.39. The Bertz CT molecular complexity index is 510. The lowest BCUT2D eigenvalue weighted by atomic mass is 9.91. The summed E-state index contributed by atoms with van der Waals surface area (Å²) in [5.74, 6) is 0. The fourth-order valence-corrected chi connectivity index (χ4v) is 3.34. The van der Waals surface area contributed by atoms with E-state index in [0.717, 1.165) is 25.7 Å². The van der Waals surface area contributed by atoms with Crippen LogP contribution in [-0.2, 0) is 4.74 Å². The number of likely N-dealkylation sites (N-methyl/N-ethyl adjacent to an activating group) is 1. The first-order valence-corrected chi connectivity index (χ1v) is 8.19. The third kappa shape index (κ3) is 3.31. The van der Waals surface area contributed by atoms with E-state index in [-0.39, 0.29) is 6.10 Å². The third-order valence-electron chi connectivity index (χ3n) is 4.99. The smallest absolute Gasteiger partial charge is 0.0896 e. The van der Waals surface area contributed by atoms with Gasteiger partial charge in [-0.15, -0.1) is 0 Å². The Kier molecular flexibility index (Phi) is 4.34. The fourth-order valence-electron chi connectivity index (χ4n) is 3.34. The van der Waals surface area contributed by atoms with Crippen LogP contribution < -0.4 is 5.32 Å². The molecule has 2 aliphatic rings. The summed E-state index contributed by atoms with van der Waals surface area (Å²) in [6.45, 7) is 9.45. The lowest BCUT2D eigenvalue weighted by Crippen LogP contribution is -2.48. The molecule has 21 heavy (non-hydrogen) atoms. The highest BCUT2D eigenvalue weighted by Gasteiger charge is 2.33. The van der Waals surface area contributed by atoms with Gasteiger partial charge in [-0.25, -0.2) is 0 Å². The molecule has 116 valence electrons. The molecule has 1 aliphatic heterocycles. The number of nitrogens with one attached hydrogen (secondary N) is 1. The predicted molar refractivity (Wildman–Crippen MR) is 86.8 cm³/mol. The topological polar surface area (TPSA) is 24.5 Å². The highest BCUT2D eigenvalue weighted by atomic mass is 16.5. The Morgan fingerprint density at radius 1 is 1.14 bits per heavy atom. The average molecular weight is 288 g/mol. The molecule has 2 fully saturated rings. The molecule has 3 rings (SSSR count). The predicted octanol–water partition coefficient (Wildman–Crippen LogP) is 2.74. The second-order valence-electron chi connectivity index (χ2n) is 6.81. The van der Waals surface area contributed by atoms with Crippen LogP contribution >= 0.6 is 0 Å². The minimum Gasteiger partial charge on any atom is -0.374 e. The molecular formula is C18H28N2O. The fraction of sp³-hybridized carbons (Fsp3) is 0.667. The van der Waals surface area contributed by atoms with Gasteiger partial charge in [0, 0.05) is 19.1 Å². The molecule has 0 spiro atoms. The van der Waals surface area contributed by atoms with Gasteiger partial charge in [-0.2, -0.15) is 0 Å². The van der Waals surface area contributed by atoms with Crippen molar-refractivity contribution in [1.82, 2.24) is 10.2 Å². The van der Waals surface area contributed by atoms with Crippen molar-refractivity contribution in [1.29, 1.82) is 0 Å². The van der Waals surface area contributed by atoms with Crippen molar-refractivity contribution in [3.63, 3.8) is 0 Å². The van der Waals surface area contributed by atoms with Crippen LogP contribution in [0.15, 0.2) is 12.1 Å². The molecule has 2 unspecified atom stereocenters. The lowest BCUT2D eigenvalue weighted by Gasteiger charge is -2.40. The zero-order valence-corrected chi connectivity index (χ0v) is 13.8. The molecule has 1 heterocycles. The Morgan fingerprint density at radius 3 is 2.57 bits per heavy atom. The molecule has 1 N–H and O–H groups in total. The number of ether oxygens (including phenoxy) is 1. The van der Waals surface area contributed by atoms with Crippen LogP contribution in [0.4, 0.5) is 0 Å². The minimum absolute atomic E-state index is 0.255. The van der Waals surface area contributed by atoms with Crippen molar-refractivity contribution in [3.05, 3.63) is 34.4 Å². The molecular weight excluding hydrogens is 260 g/mol. The van der Waals surface area contributed by atoms with Gasteiger partial charge in [-0.3, -0.25) is 4.90 Å². The van der Waals surface area contributed by atoms with Crippen molar-refractivity contribution in [2.45, 2.75) is 51.8 Å². The molecule has 1 aromatic rings. The van der Waals surface area contributed by atoms with Crippen LogP contribution in [0.25, 0.3) is 0 Å². The first-order valence-electron chi connectivity index (χ1n) is 8.19. The zero-order valence-electron chi connectivity index (χ0n) is 13.8. The van der Waals surface area contributed by atoms with Gasteiger partial charge in [-0.05, 0) is 62.9 Å². The number of rotatable bonds is 4. The van der Waals surface area contributed by atoms with Crippen LogP contribution in [0.5, 0.6) is 0 Å². The van der Waals surface area contributed by atoms with Crippen LogP contribution in [0.1, 0.15) is 41.1 Å². The number of hydrogen-bond donors (Lipinski definition) is 1. The van der Waals surface area contributed by atoms with Gasteiger partial charge in [0.05, 0.1) is 18.8 Å². The van der Waals surface area contributed by atoms with Gasteiger partial charge in [-0.1, -0.05) is 12.1 Å². The molecule has 1 saturated carbocycles. The molecule has 2 atom stereocenters. The van der Waals surface area contributed by atoms with E-state index in [2.05, 4.69) is 50.2 Å². The Balaban J connectivity index is 1.85. The first kappa shape index (κ1) is 15.0. The lowest BCUT2D eigenvalue weighted by molar-refractivity contribution is -0.0617. The number of morpholine rings is 1. The Hall–Kier alpha value is -0.900. The summed E-state index contributed by atoms with van der Waals surface area (Å²) in [5.41, 5.74) is 5.58. The van der Waals surface area contributed by atoms with Crippen molar-refractivity contribution in [2.24, 2.45) is 0 Å². The van der Waals surface area contributed by atoms with E-state index >= 15 is 0 Å². The number of hydrogen-bond acceptors (Lipinski definition) is 3. The standard InChI is InChI=1S/C18H28N2O/c1-12-9-14(3)16(10-13(12)2)18-17(11-19-15-5-6-15)21-8-7-20(18)4/h9-10,15,17-19H,5-8,11H2,1-4H3. The number of aryl methyl sites for hydroxylation is 3. The summed E-state index contributed by atoms with van der Waals surface area (Å²) < 4.78 is 6.11. The van der Waals surface area contributed by atoms with Crippen LogP contribution in [0.3, 0.4) is 0 Å². The Morgan fingerprint density at radius 2 is 1.86 bits per heavy atom. The van der Waals surface area contributed by atoms with Crippen LogP contribution in [-0.4, -0.2) is 43.8 Å². The maximum absolute atomic E-state index is 6.11. The van der Waals surface area contributed by atoms with Crippen molar-refractivity contribution in [2.75, 3.05) is 26.7 Å². The van der Waals surface area contributed by atoms with E-state index in [0.29, 0.717) is 6.04 Å². The molecule has 1 aromatic carbocycles. The van der Waals surface area contributed by atoms with Crippen molar-refractivity contribution in [3.8, 4) is 0 Å². The van der Waals surface area contributed by atoms with Gasteiger partial charge >= 0.3 is 0 Å². The maximum atomic E-state index is 6.11. The van der Waals surface area contributed by atoms with E-state index in [1.807, 2.05) is 0 Å². The minimum atomic E-state index is 0.255. The monoisotopic (exact) mass is 288 g/mol. The van der Waals surface area contributed by atoms with Crippen LogP contribution in [0, 0.1) is 20.8 Å². The van der Waals surface area contributed by atoms with E-state index < -0.39 is 0 Å². The molecule has 0 bridgehead atoms. The van der Waals surface area contributed by atoms with Crippen molar-refractivity contribution >= 4 is 0 Å². The molecule has 0 radical (unpaired) electrons. The molecule has 0 amide bonds. The summed E-state index contributed by atoms with van der Waals surface area (Å²) in [6.07, 6.45) is 2.91.